The smallest absolute Gasteiger partial charge is 0.347 e. The number of rotatable bonds is 23. The fourth-order valence-electron chi connectivity index (χ4n) is 5.53. The van der Waals surface area contributed by atoms with Crippen molar-refractivity contribution < 1.29 is 43.8 Å². The zero-order valence-electron chi connectivity index (χ0n) is 27.9. The van der Waals surface area contributed by atoms with Gasteiger partial charge in [0.15, 0.2) is 31.3 Å². The van der Waals surface area contributed by atoms with Gasteiger partial charge in [-0.3, -0.25) is 20.2 Å². The summed E-state index contributed by atoms with van der Waals surface area (Å²) < 4.78 is 3.97. The highest BCUT2D eigenvalue weighted by atomic mass is 35.5. The molecule has 2 N–H and O–H groups in total. The van der Waals surface area contributed by atoms with E-state index in [-0.39, 0.29) is 36.2 Å². The summed E-state index contributed by atoms with van der Waals surface area (Å²) in [6, 6.07) is 12.0. The second kappa shape index (κ2) is 25.4. The third-order valence-corrected chi connectivity index (χ3v) is 8.07. The number of aryl methyl sites for hydroxylation is 3. The van der Waals surface area contributed by atoms with Gasteiger partial charge in [-0.25, -0.2) is 4.57 Å². The number of nitrogens with two attached hydrogens (primary N) is 1. The third kappa shape index (κ3) is 16.4. The van der Waals surface area contributed by atoms with Crippen LogP contribution in [0.25, 0.3) is 5.69 Å². The molecule has 0 spiro atoms. The minimum absolute atomic E-state index is 0. The molecule has 0 aliphatic carbocycles. The summed E-state index contributed by atoms with van der Waals surface area (Å²) in [5, 5.41) is 22.6. The minimum Gasteiger partial charge on any atom is -1.00 e. The SMILES string of the molecule is NCC/C=C/CCCCCCCCc1ccc[n+](CC/C=C/CCCCCc2ccc[n+](-c3ccc([N+](=O)[O-])cc3[N+](=O)[O-])c2)c1.[Cl-].[Cl-]. The molecule has 0 atom stereocenters. The zero-order chi connectivity index (χ0) is 32.8. The van der Waals surface area contributed by atoms with Crippen LogP contribution in [-0.2, 0) is 19.4 Å². The molecule has 0 radical (unpaired) electrons. The molecule has 3 aromatic rings. The van der Waals surface area contributed by atoms with E-state index in [2.05, 4.69) is 53.4 Å². The van der Waals surface area contributed by atoms with E-state index in [0.29, 0.717) is 5.69 Å². The highest BCUT2D eigenvalue weighted by Gasteiger charge is 2.26. The average Bonchev–Trinajstić information content (AvgIpc) is 3.06. The lowest BCUT2D eigenvalue weighted by Crippen LogP contribution is -3.00. The average molecular weight is 701 g/mol. The molecule has 0 saturated carbocycles. The molecular weight excluding hydrogens is 649 g/mol. The van der Waals surface area contributed by atoms with E-state index in [4.69, 9.17) is 5.73 Å². The van der Waals surface area contributed by atoms with Gasteiger partial charge in [0.1, 0.15) is 6.07 Å². The van der Waals surface area contributed by atoms with Gasteiger partial charge in [-0.2, -0.15) is 4.57 Å². The quantitative estimate of drug-likeness (QED) is 0.0534. The first-order valence-electron chi connectivity index (χ1n) is 16.9. The molecule has 2 heterocycles. The van der Waals surface area contributed by atoms with Crippen LogP contribution < -0.4 is 39.7 Å². The van der Waals surface area contributed by atoms with Crippen LogP contribution in [0, 0.1) is 20.2 Å². The Balaban J connectivity index is 0.00000576. The molecule has 0 fully saturated rings. The number of hydrogen-bond donors (Lipinski definition) is 1. The highest BCUT2D eigenvalue weighted by Crippen LogP contribution is 2.24. The number of halogens is 2. The summed E-state index contributed by atoms with van der Waals surface area (Å²) in [7, 11) is 0. The number of non-ortho nitro benzene ring substituents is 1. The zero-order valence-corrected chi connectivity index (χ0v) is 29.4. The lowest BCUT2D eigenvalue weighted by atomic mass is 10.1. The molecule has 0 aliphatic rings. The normalized spacial score (nSPS) is 11.0. The molecule has 0 saturated heterocycles. The number of unbranched alkanes of at least 4 members (excludes halogenated alkanes) is 9. The molecule has 1 aromatic carbocycles. The van der Waals surface area contributed by atoms with Crippen molar-refractivity contribution in [2.45, 2.75) is 103 Å². The summed E-state index contributed by atoms with van der Waals surface area (Å²) in [4.78, 5) is 21.4. The highest BCUT2D eigenvalue weighted by molar-refractivity contribution is 5.53. The molecule has 9 nitrogen and oxygen atoms in total. The second-order valence-corrected chi connectivity index (χ2v) is 11.8. The Morgan fingerprint density at radius 3 is 1.85 bits per heavy atom. The van der Waals surface area contributed by atoms with Crippen molar-refractivity contribution in [1.82, 2.24) is 0 Å². The second-order valence-electron chi connectivity index (χ2n) is 11.8. The number of nitrogens with zero attached hydrogens (tertiary/aromatic N) is 4. The molecule has 0 unspecified atom stereocenters. The van der Waals surface area contributed by atoms with Crippen molar-refractivity contribution >= 4 is 11.4 Å². The van der Waals surface area contributed by atoms with E-state index in [9.17, 15) is 20.2 Å². The van der Waals surface area contributed by atoms with E-state index >= 15 is 0 Å². The minimum atomic E-state index is -0.623. The number of aromatic nitrogens is 2. The fraction of sp³-hybridized carbons (Fsp3) is 0.459. The van der Waals surface area contributed by atoms with Crippen molar-refractivity contribution in [3.8, 4) is 5.69 Å². The van der Waals surface area contributed by atoms with Crippen molar-refractivity contribution in [3.05, 3.63) is 123 Å². The number of nitro benzene ring substituents is 2. The Hall–Kier alpha value is -3.66. The summed E-state index contributed by atoms with van der Waals surface area (Å²) in [6.07, 6.45) is 34.4. The Bertz CT molecular complexity index is 1430. The first-order valence-corrected chi connectivity index (χ1v) is 16.9. The number of hydrogen-bond acceptors (Lipinski definition) is 5. The Kier molecular flexibility index (Phi) is 22.4. The molecule has 48 heavy (non-hydrogen) atoms. The van der Waals surface area contributed by atoms with E-state index in [0.717, 1.165) is 76.1 Å². The van der Waals surface area contributed by atoms with Crippen molar-refractivity contribution in [2.24, 2.45) is 5.73 Å². The lowest BCUT2D eigenvalue weighted by Gasteiger charge is -2.03. The van der Waals surface area contributed by atoms with Crippen LogP contribution in [-0.4, -0.2) is 16.4 Å². The van der Waals surface area contributed by atoms with Crippen LogP contribution in [0.1, 0.15) is 94.6 Å². The van der Waals surface area contributed by atoms with Crippen LogP contribution in [0.4, 0.5) is 11.4 Å². The molecule has 0 amide bonds. The molecule has 11 heteroatoms. The van der Waals surface area contributed by atoms with Gasteiger partial charge in [0.25, 0.3) is 11.4 Å². The molecule has 262 valence electrons. The Labute approximate surface area is 298 Å². The van der Waals surface area contributed by atoms with Crippen LogP contribution in [0.3, 0.4) is 0 Å². The largest absolute Gasteiger partial charge is 1.00 e. The monoisotopic (exact) mass is 699 g/mol. The van der Waals surface area contributed by atoms with Gasteiger partial charge in [-0.15, -0.1) is 0 Å². The number of pyridine rings is 2. The molecular formula is C37H51Cl2N5O4. The maximum atomic E-state index is 11.5. The van der Waals surface area contributed by atoms with Crippen molar-refractivity contribution in [3.63, 3.8) is 0 Å². The van der Waals surface area contributed by atoms with Gasteiger partial charge in [-0.1, -0.05) is 56.4 Å². The van der Waals surface area contributed by atoms with E-state index in [1.807, 2.05) is 18.3 Å². The molecule has 0 aliphatic heterocycles. The Morgan fingerprint density at radius 1 is 0.646 bits per heavy atom. The van der Waals surface area contributed by atoms with Crippen molar-refractivity contribution in [1.29, 1.82) is 0 Å². The van der Waals surface area contributed by atoms with Gasteiger partial charge < -0.3 is 30.5 Å². The van der Waals surface area contributed by atoms with E-state index in [1.54, 1.807) is 10.8 Å². The van der Waals surface area contributed by atoms with Gasteiger partial charge in [-0.05, 0) is 76.5 Å². The summed E-state index contributed by atoms with van der Waals surface area (Å²) in [5.41, 5.74) is 7.73. The first kappa shape index (κ1) is 42.4. The number of benzene rings is 1. The van der Waals surface area contributed by atoms with Gasteiger partial charge in [0, 0.05) is 41.8 Å². The predicted octanol–water partition coefficient (Wildman–Crippen LogP) is 2.00. The molecule has 3 rings (SSSR count). The van der Waals surface area contributed by atoms with Crippen LogP contribution in [0.2, 0.25) is 0 Å². The standard InChI is InChI=1S/C37H51N5O4.2ClH/c38-26-16-12-8-4-2-1-3-6-10-14-20-33-22-18-28-39(31-33)27-17-13-9-5-7-11-15-21-34-23-19-29-40(32-34)36-25-24-35(41(43)44)30-37(36)42(45)46;;/h8-9,12-13,18-19,22-25,28-32H,1-7,10-11,14-17,20-21,26-27,38H2;2*1H/q+2;;/p-2/b12-8+,13-9+;;. The van der Waals surface area contributed by atoms with Gasteiger partial charge >= 0.3 is 5.69 Å². The Morgan fingerprint density at radius 2 is 1.21 bits per heavy atom. The first-order chi connectivity index (χ1) is 22.5. The summed E-state index contributed by atoms with van der Waals surface area (Å²) in [6.45, 7) is 1.74. The third-order valence-electron chi connectivity index (χ3n) is 8.07. The molecule has 2 aromatic heterocycles. The van der Waals surface area contributed by atoms with E-state index in [1.165, 1.54) is 62.6 Å². The van der Waals surface area contributed by atoms with Gasteiger partial charge in [0.2, 0.25) is 0 Å². The van der Waals surface area contributed by atoms with Crippen molar-refractivity contribution in [2.75, 3.05) is 6.54 Å². The summed E-state index contributed by atoms with van der Waals surface area (Å²) >= 11 is 0. The predicted molar refractivity (Wildman–Crippen MR) is 183 cm³/mol. The number of allylic oxidation sites excluding steroid dienone is 3. The maximum Gasteiger partial charge on any atom is 0.347 e. The van der Waals surface area contributed by atoms with Crippen LogP contribution in [0.15, 0.2) is 91.6 Å². The van der Waals surface area contributed by atoms with Crippen LogP contribution in [0.5, 0.6) is 0 Å². The van der Waals surface area contributed by atoms with Gasteiger partial charge in [0.05, 0.1) is 9.85 Å². The van der Waals surface area contributed by atoms with E-state index < -0.39 is 9.85 Å². The lowest BCUT2D eigenvalue weighted by molar-refractivity contribution is -0.696. The summed E-state index contributed by atoms with van der Waals surface area (Å²) in [5.74, 6) is 0. The maximum absolute atomic E-state index is 11.5. The molecule has 0 bridgehead atoms. The topological polar surface area (TPSA) is 120 Å². The fourth-order valence-corrected chi connectivity index (χ4v) is 5.53. The number of nitro groups is 2. The van der Waals surface area contributed by atoms with Crippen LogP contribution >= 0.6 is 0 Å².